The van der Waals surface area contributed by atoms with E-state index >= 15 is 0 Å². The molecule has 4 rings (SSSR count). The molecular weight excluding hydrogens is 454 g/mol. The predicted octanol–water partition coefficient (Wildman–Crippen LogP) is 5.35. The van der Waals surface area contributed by atoms with Gasteiger partial charge in [-0.05, 0) is 36.8 Å². The molecule has 1 N–H and O–H groups in total. The molecule has 36 heavy (non-hydrogen) atoms. The van der Waals surface area contributed by atoms with Crippen LogP contribution in [0.25, 0.3) is 11.3 Å². The van der Waals surface area contributed by atoms with E-state index < -0.39 is 6.10 Å². The van der Waals surface area contributed by atoms with E-state index in [2.05, 4.69) is 11.5 Å². The molecule has 1 atom stereocenters. The summed E-state index contributed by atoms with van der Waals surface area (Å²) in [7, 11) is 1.88. The number of aliphatic hydroxyl groups excluding tert-OH is 1. The van der Waals surface area contributed by atoms with Crippen molar-refractivity contribution in [2.45, 2.75) is 26.1 Å². The first-order valence-electron chi connectivity index (χ1n) is 12.0. The second-order valence-electron chi connectivity index (χ2n) is 8.77. The fraction of sp³-hybridized carbons (Fsp3) is 0.276. The van der Waals surface area contributed by atoms with Gasteiger partial charge in [-0.1, -0.05) is 48.5 Å². The molecule has 2 aromatic carbocycles. The van der Waals surface area contributed by atoms with Crippen LogP contribution in [0.15, 0.2) is 90.1 Å². The molecule has 0 radical (unpaired) electrons. The number of rotatable bonds is 13. The number of ether oxygens (including phenoxy) is 2. The maximum atomic E-state index is 10.7. The highest BCUT2D eigenvalue weighted by Gasteiger charge is 2.24. The molecule has 2 aromatic heterocycles. The lowest BCUT2D eigenvalue weighted by Gasteiger charge is -2.25. The van der Waals surface area contributed by atoms with Crippen LogP contribution in [0, 0.1) is 6.92 Å². The molecule has 0 aliphatic heterocycles. The Morgan fingerprint density at radius 2 is 1.94 bits per heavy atom. The number of aryl methyl sites for hydroxylation is 2. The SMILES string of the molecule is C=CCOC[C@@H](O)CN(Cc1ccco1)Cc1c(-c2ccccc2)nn(C)c1Oc1cccc(C)c1. The van der Waals surface area contributed by atoms with Crippen molar-refractivity contribution in [1.82, 2.24) is 14.7 Å². The van der Waals surface area contributed by atoms with E-state index in [1.165, 1.54) is 0 Å². The largest absolute Gasteiger partial charge is 0.468 e. The van der Waals surface area contributed by atoms with Gasteiger partial charge in [0.1, 0.15) is 17.2 Å². The fourth-order valence-electron chi connectivity index (χ4n) is 4.11. The van der Waals surface area contributed by atoms with Gasteiger partial charge in [-0.2, -0.15) is 5.10 Å². The van der Waals surface area contributed by atoms with Gasteiger partial charge in [0.05, 0.1) is 37.7 Å². The van der Waals surface area contributed by atoms with Gasteiger partial charge in [-0.25, -0.2) is 4.68 Å². The van der Waals surface area contributed by atoms with Gasteiger partial charge in [0.2, 0.25) is 5.88 Å². The van der Waals surface area contributed by atoms with Crippen LogP contribution in [0.4, 0.5) is 0 Å². The number of aromatic nitrogens is 2. The van der Waals surface area contributed by atoms with Gasteiger partial charge in [-0.15, -0.1) is 6.58 Å². The fourth-order valence-corrected chi connectivity index (χ4v) is 4.11. The van der Waals surface area contributed by atoms with E-state index in [0.29, 0.717) is 32.1 Å². The van der Waals surface area contributed by atoms with E-state index in [1.807, 2.05) is 80.7 Å². The molecule has 0 amide bonds. The van der Waals surface area contributed by atoms with Crippen molar-refractivity contribution in [3.63, 3.8) is 0 Å². The first kappa shape index (κ1) is 25.4. The number of furan rings is 1. The monoisotopic (exact) mass is 487 g/mol. The van der Waals surface area contributed by atoms with Crippen molar-refractivity contribution in [2.75, 3.05) is 19.8 Å². The maximum Gasteiger partial charge on any atom is 0.222 e. The lowest BCUT2D eigenvalue weighted by Crippen LogP contribution is -2.34. The van der Waals surface area contributed by atoms with Crippen LogP contribution >= 0.6 is 0 Å². The normalized spacial score (nSPS) is 12.1. The number of nitrogens with zero attached hydrogens (tertiary/aromatic N) is 3. The molecule has 2 heterocycles. The summed E-state index contributed by atoms with van der Waals surface area (Å²) in [5.74, 6) is 2.20. The van der Waals surface area contributed by atoms with Crippen LogP contribution in [0.2, 0.25) is 0 Å². The van der Waals surface area contributed by atoms with Crippen LogP contribution in [0.5, 0.6) is 11.6 Å². The third kappa shape index (κ3) is 6.73. The summed E-state index contributed by atoms with van der Waals surface area (Å²) in [6, 6.07) is 21.8. The van der Waals surface area contributed by atoms with Gasteiger partial charge in [-0.3, -0.25) is 4.90 Å². The molecular formula is C29H33N3O4. The van der Waals surface area contributed by atoms with Gasteiger partial charge in [0, 0.05) is 25.7 Å². The van der Waals surface area contributed by atoms with Gasteiger partial charge in [0.15, 0.2) is 0 Å². The predicted molar refractivity (Wildman–Crippen MR) is 140 cm³/mol. The van der Waals surface area contributed by atoms with E-state index in [-0.39, 0.29) is 6.61 Å². The third-order valence-corrected chi connectivity index (χ3v) is 5.70. The molecule has 0 saturated carbocycles. The minimum atomic E-state index is -0.682. The average molecular weight is 488 g/mol. The third-order valence-electron chi connectivity index (χ3n) is 5.70. The van der Waals surface area contributed by atoms with E-state index in [1.54, 1.807) is 17.0 Å². The summed E-state index contributed by atoms with van der Waals surface area (Å²) in [5, 5.41) is 15.5. The van der Waals surface area contributed by atoms with Crippen LogP contribution in [-0.4, -0.2) is 45.6 Å². The van der Waals surface area contributed by atoms with Crippen molar-refractivity contribution in [3.05, 3.63) is 103 Å². The van der Waals surface area contributed by atoms with Crippen molar-refractivity contribution in [1.29, 1.82) is 0 Å². The van der Waals surface area contributed by atoms with Crippen molar-refractivity contribution >= 4 is 0 Å². The maximum absolute atomic E-state index is 10.7. The Kier molecular flexibility index (Phi) is 8.73. The molecule has 7 nitrogen and oxygen atoms in total. The Morgan fingerprint density at radius 1 is 1.11 bits per heavy atom. The quantitative estimate of drug-likeness (QED) is 0.203. The average Bonchev–Trinajstić information content (AvgIpc) is 3.48. The number of hydrogen-bond donors (Lipinski definition) is 1. The van der Waals surface area contributed by atoms with Crippen molar-refractivity contribution in [3.8, 4) is 22.9 Å². The highest BCUT2D eigenvalue weighted by molar-refractivity contribution is 5.65. The molecule has 188 valence electrons. The Morgan fingerprint density at radius 3 is 2.67 bits per heavy atom. The summed E-state index contributed by atoms with van der Waals surface area (Å²) < 4.78 is 19.3. The standard InChI is InChI=1S/C29H33N3O4/c1-4-15-34-21-24(33)18-32(19-26-14-9-16-35-26)20-27-28(23-11-6-5-7-12-23)30-31(3)29(27)36-25-13-8-10-22(2)17-25/h4-14,16-17,24,33H,1,15,18-21H2,2-3H3/t24-/m0/s1. The van der Waals surface area contributed by atoms with E-state index in [9.17, 15) is 5.11 Å². The topological polar surface area (TPSA) is 72.9 Å². The number of aliphatic hydroxyl groups is 1. The summed E-state index contributed by atoms with van der Waals surface area (Å²) in [6.07, 6.45) is 2.64. The summed E-state index contributed by atoms with van der Waals surface area (Å²) >= 11 is 0. The second kappa shape index (κ2) is 12.4. The molecule has 7 heteroatoms. The lowest BCUT2D eigenvalue weighted by molar-refractivity contribution is 0.0215. The molecule has 0 fully saturated rings. The van der Waals surface area contributed by atoms with E-state index in [0.717, 1.165) is 33.9 Å². The first-order valence-corrected chi connectivity index (χ1v) is 12.0. The van der Waals surface area contributed by atoms with Crippen LogP contribution in [0.1, 0.15) is 16.9 Å². The zero-order valence-electron chi connectivity index (χ0n) is 20.8. The zero-order chi connectivity index (χ0) is 25.3. The molecule has 0 bridgehead atoms. The van der Waals surface area contributed by atoms with Crippen LogP contribution < -0.4 is 4.74 Å². The highest BCUT2D eigenvalue weighted by atomic mass is 16.5. The van der Waals surface area contributed by atoms with Gasteiger partial charge >= 0.3 is 0 Å². The minimum absolute atomic E-state index is 0.214. The molecule has 4 aromatic rings. The molecule has 0 aliphatic rings. The Labute approximate surface area is 212 Å². The van der Waals surface area contributed by atoms with Crippen molar-refractivity contribution in [2.24, 2.45) is 7.05 Å². The minimum Gasteiger partial charge on any atom is -0.468 e. The summed E-state index contributed by atoms with van der Waals surface area (Å²) in [5.41, 5.74) is 3.87. The highest BCUT2D eigenvalue weighted by Crippen LogP contribution is 2.34. The lowest BCUT2D eigenvalue weighted by atomic mass is 10.1. The molecule has 0 saturated heterocycles. The van der Waals surface area contributed by atoms with Gasteiger partial charge < -0.3 is 19.0 Å². The van der Waals surface area contributed by atoms with Gasteiger partial charge in [0.25, 0.3) is 0 Å². The van der Waals surface area contributed by atoms with Crippen molar-refractivity contribution < 1.29 is 19.0 Å². The Balaban J connectivity index is 1.68. The molecule has 0 aliphatic carbocycles. The molecule has 0 unspecified atom stereocenters. The van der Waals surface area contributed by atoms with Crippen LogP contribution in [0.3, 0.4) is 0 Å². The van der Waals surface area contributed by atoms with E-state index in [4.69, 9.17) is 19.0 Å². The smallest absolute Gasteiger partial charge is 0.222 e. The summed E-state index contributed by atoms with van der Waals surface area (Å²) in [4.78, 5) is 2.12. The Hall–Kier alpha value is -3.65. The number of hydrogen-bond acceptors (Lipinski definition) is 6. The second-order valence-corrected chi connectivity index (χ2v) is 8.77. The Bertz CT molecular complexity index is 1230. The summed E-state index contributed by atoms with van der Waals surface area (Å²) in [6.45, 7) is 7.68. The molecule has 0 spiro atoms. The zero-order valence-corrected chi connectivity index (χ0v) is 20.8. The first-order chi connectivity index (χ1) is 17.5. The number of benzene rings is 2. The van der Waals surface area contributed by atoms with Crippen LogP contribution in [-0.2, 0) is 24.9 Å².